The molecule has 0 spiro atoms. The highest BCUT2D eigenvalue weighted by molar-refractivity contribution is 5.92. The zero-order chi connectivity index (χ0) is 13.8. The monoisotopic (exact) mass is 258 g/mol. The molecule has 1 aromatic heterocycles. The third-order valence-electron chi connectivity index (χ3n) is 2.65. The van der Waals surface area contributed by atoms with Crippen molar-refractivity contribution in [3.05, 3.63) is 42.2 Å². The van der Waals surface area contributed by atoms with E-state index in [1.54, 1.807) is 29.1 Å². The van der Waals surface area contributed by atoms with E-state index in [1.807, 2.05) is 26.0 Å². The Balaban J connectivity index is 2.10. The number of carbonyl (C=O) groups is 1. The Morgan fingerprint density at radius 1 is 1.32 bits per heavy atom. The van der Waals surface area contributed by atoms with Gasteiger partial charge in [-0.05, 0) is 36.2 Å². The van der Waals surface area contributed by atoms with E-state index in [-0.39, 0.29) is 5.91 Å². The van der Waals surface area contributed by atoms with Gasteiger partial charge in [0, 0.05) is 18.4 Å². The quantitative estimate of drug-likeness (QED) is 0.822. The minimum absolute atomic E-state index is 0.150. The molecule has 0 aliphatic carbocycles. The second-order valence-corrected chi connectivity index (χ2v) is 4.84. The second-order valence-electron chi connectivity index (χ2n) is 4.84. The molecule has 0 unspecified atom stereocenters. The lowest BCUT2D eigenvalue weighted by atomic mass is 10.2. The summed E-state index contributed by atoms with van der Waals surface area (Å²) in [5.41, 5.74) is 7.62. The summed E-state index contributed by atoms with van der Waals surface area (Å²) in [6.45, 7) is 4.74. The van der Waals surface area contributed by atoms with Gasteiger partial charge in [-0.15, -0.1) is 0 Å². The number of hydrogen-bond donors (Lipinski definition) is 2. The number of amides is 1. The zero-order valence-corrected chi connectivity index (χ0v) is 11.1. The molecular weight excluding hydrogens is 240 g/mol. The van der Waals surface area contributed by atoms with Gasteiger partial charge < -0.3 is 11.1 Å². The molecule has 100 valence electrons. The van der Waals surface area contributed by atoms with E-state index < -0.39 is 0 Å². The van der Waals surface area contributed by atoms with E-state index in [9.17, 15) is 4.79 Å². The highest BCUT2D eigenvalue weighted by atomic mass is 16.1. The predicted molar refractivity (Wildman–Crippen MR) is 75.1 cm³/mol. The summed E-state index contributed by atoms with van der Waals surface area (Å²) in [6, 6.07) is 9.02. The van der Waals surface area contributed by atoms with Crippen molar-refractivity contribution in [1.82, 2.24) is 15.1 Å². The average molecular weight is 258 g/mol. The Kier molecular flexibility index (Phi) is 3.85. The van der Waals surface area contributed by atoms with Crippen LogP contribution in [-0.2, 0) is 0 Å². The molecule has 0 bridgehead atoms. The smallest absolute Gasteiger partial charge is 0.271 e. The second kappa shape index (κ2) is 5.56. The third kappa shape index (κ3) is 3.34. The summed E-state index contributed by atoms with van der Waals surface area (Å²) in [5, 5.41) is 7.09. The maximum atomic E-state index is 11.8. The maximum Gasteiger partial charge on any atom is 0.271 e. The first-order valence-corrected chi connectivity index (χ1v) is 6.26. The van der Waals surface area contributed by atoms with Crippen LogP contribution in [0.25, 0.3) is 5.69 Å². The molecule has 5 heteroatoms. The minimum atomic E-state index is -0.150. The van der Waals surface area contributed by atoms with Crippen LogP contribution in [-0.4, -0.2) is 22.2 Å². The zero-order valence-electron chi connectivity index (χ0n) is 11.1. The highest BCUT2D eigenvalue weighted by Gasteiger charge is 2.10. The van der Waals surface area contributed by atoms with Gasteiger partial charge in [0.05, 0.1) is 5.69 Å². The fourth-order valence-corrected chi connectivity index (χ4v) is 1.60. The van der Waals surface area contributed by atoms with Crippen molar-refractivity contribution in [3.63, 3.8) is 0 Å². The van der Waals surface area contributed by atoms with Crippen molar-refractivity contribution < 1.29 is 4.79 Å². The topological polar surface area (TPSA) is 72.9 Å². The van der Waals surface area contributed by atoms with Gasteiger partial charge in [0.25, 0.3) is 5.91 Å². The Morgan fingerprint density at radius 2 is 2.00 bits per heavy atom. The average Bonchev–Trinajstić information content (AvgIpc) is 2.86. The standard InChI is InChI=1S/C14H18N4O/c1-10(2)9-16-14(19)13-7-8-18(17-13)12-5-3-11(15)4-6-12/h3-8,10H,9,15H2,1-2H3,(H,16,19). The Hall–Kier alpha value is -2.30. The van der Waals surface area contributed by atoms with Crippen molar-refractivity contribution >= 4 is 11.6 Å². The van der Waals surface area contributed by atoms with Crippen LogP contribution in [0.4, 0.5) is 5.69 Å². The number of carbonyl (C=O) groups excluding carboxylic acids is 1. The van der Waals surface area contributed by atoms with Crippen LogP contribution in [0.5, 0.6) is 0 Å². The van der Waals surface area contributed by atoms with E-state index in [4.69, 9.17) is 5.73 Å². The van der Waals surface area contributed by atoms with Crippen molar-refractivity contribution in [3.8, 4) is 5.69 Å². The first-order valence-electron chi connectivity index (χ1n) is 6.26. The predicted octanol–water partition coefficient (Wildman–Crippen LogP) is 1.84. The molecule has 2 rings (SSSR count). The van der Waals surface area contributed by atoms with Crippen molar-refractivity contribution in [2.75, 3.05) is 12.3 Å². The number of nitrogens with two attached hydrogens (primary N) is 1. The minimum Gasteiger partial charge on any atom is -0.399 e. The molecule has 3 N–H and O–H groups in total. The summed E-state index contributed by atoms with van der Waals surface area (Å²) in [6.07, 6.45) is 1.76. The normalized spacial score (nSPS) is 10.7. The SMILES string of the molecule is CC(C)CNC(=O)c1ccn(-c2ccc(N)cc2)n1. The third-order valence-corrected chi connectivity index (χ3v) is 2.65. The number of nitrogen functional groups attached to an aromatic ring is 1. The van der Waals surface area contributed by atoms with Gasteiger partial charge >= 0.3 is 0 Å². The van der Waals surface area contributed by atoms with Gasteiger partial charge in [0.15, 0.2) is 5.69 Å². The van der Waals surface area contributed by atoms with Crippen LogP contribution >= 0.6 is 0 Å². The highest BCUT2D eigenvalue weighted by Crippen LogP contribution is 2.10. The van der Waals surface area contributed by atoms with Crippen LogP contribution in [0.1, 0.15) is 24.3 Å². The summed E-state index contributed by atoms with van der Waals surface area (Å²) in [5.74, 6) is 0.269. The summed E-state index contributed by atoms with van der Waals surface area (Å²) in [4.78, 5) is 11.8. The largest absolute Gasteiger partial charge is 0.399 e. The van der Waals surface area contributed by atoms with Gasteiger partial charge in [-0.2, -0.15) is 5.10 Å². The molecule has 0 saturated carbocycles. The molecular formula is C14H18N4O. The molecule has 2 aromatic rings. The first kappa shape index (κ1) is 13.1. The summed E-state index contributed by atoms with van der Waals surface area (Å²) >= 11 is 0. The molecule has 0 fully saturated rings. The lowest BCUT2D eigenvalue weighted by Gasteiger charge is -2.05. The Morgan fingerprint density at radius 3 is 2.63 bits per heavy atom. The lowest BCUT2D eigenvalue weighted by Crippen LogP contribution is -2.27. The Labute approximate surface area is 112 Å². The molecule has 1 amide bonds. The molecule has 5 nitrogen and oxygen atoms in total. The molecule has 0 aliphatic heterocycles. The number of anilines is 1. The van der Waals surface area contributed by atoms with Gasteiger partial charge in [-0.3, -0.25) is 4.79 Å². The fourth-order valence-electron chi connectivity index (χ4n) is 1.60. The molecule has 0 saturated heterocycles. The maximum absolute atomic E-state index is 11.8. The van der Waals surface area contributed by atoms with Crippen molar-refractivity contribution in [2.24, 2.45) is 5.92 Å². The van der Waals surface area contributed by atoms with Crippen molar-refractivity contribution in [1.29, 1.82) is 0 Å². The number of benzene rings is 1. The van der Waals surface area contributed by atoms with Gasteiger partial charge in [0.2, 0.25) is 0 Å². The molecule has 0 atom stereocenters. The summed E-state index contributed by atoms with van der Waals surface area (Å²) in [7, 11) is 0. The van der Waals surface area contributed by atoms with Gasteiger partial charge in [-0.25, -0.2) is 4.68 Å². The molecule has 19 heavy (non-hydrogen) atoms. The molecule has 0 radical (unpaired) electrons. The molecule has 1 heterocycles. The van der Waals surface area contributed by atoms with Crippen molar-refractivity contribution in [2.45, 2.75) is 13.8 Å². The van der Waals surface area contributed by atoms with E-state index in [1.165, 1.54) is 0 Å². The van der Waals surface area contributed by atoms with E-state index in [2.05, 4.69) is 10.4 Å². The lowest BCUT2D eigenvalue weighted by molar-refractivity contribution is 0.0943. The van der Waals surface area contributed by atoms with E-state index in [0.29, 0.717) is 23.8 Å². The van der Waals surface area contributed by atoms with E-state index in [0.717, 1.165) is 5.69 Å². The molecule has 1 aromatic carbocycles. The van der Waals surface area contributed by atoms with E-state index >= 15 is 0 Å². The Bertz CT molecular complexity index is 557. The summed E-state index contributed by atoms with van der Waals surface area (Å²) < 4.78 is 1.66. The number of nitrogens with one attached hydrogen (secondary N) is 1. The van der Waals surface area contributed by atoms with Gasteiger partial charge in [-0.1, -0.05) is 13.8 Å². The van der Waals surface area contributed by atoms with Crippen LogP contribution < -0.4 is 11.1 Å². The number of aromatic nitrogens is 2. The number of hydrogen-bond acceptors (Lipinski definition) is 3. The molecule has 0 aliphatic rings. The van der Waals surface area contributed by atoms with Crippen LogP contribution in [0.15, 0.2) is 36.5 Å². The first-order chi connectivity index (χ1) is 9.06. The number of rotatable bonds is 4. The van der Waals surface area contributed by atoms with Gasteiger partial charge in [0.1, 0.15) is 0 Å². The fraction of sp³-hybridized carbons (Fsp3) is 0.286. The number of nitrogens with zero attached hydrogens (tertiary/aromatic N) is 2. The van der Waals surface area contributed by atoms with Crippen LogP contribution in [0, 0.1) is 5.92 Å². The van der Waals surface area contributed by atoms with Crippen LogP contribution in [0.2, 0.25) is 0 Å². The van der Waals surface area contributed by atoms with Crippen LogP contribution in [0.3, 0.4) is 0 Å².